The van der Waals surface area contributed by atoms with E-state index < -0.39 is 23.9 Å². The van der Waals surface area contributed by atoms with Crippen LogP contribution in [0.15, 0.2) is 46.7 Å². The van der Waals surface area contributed by atoms with E-state index in [1.807, 2.05) is 0 Å². The van der Waals surface area contributed by atoms with Crippen molar-refractivity contribution in [2.75, 3.05) is 0 Å². The SMILES string of the molecule is O=C(O)[C@H](F)CCn1c(Sc2ncc(C(F)(F)F)cc2Cl)nc2ccccc21. The van der Waals surface area contributed by atoms with Crippen molar-refractivity contribution in [2.24, 2.45) is 0 Å². The lowest BCUT2D eigenvalue weighted by Gasteiger charge is -2.11. The summed E-state index contributed by atoms with van der Waals surface area (Å²) in [5, 5.41) is 8.94. The molecular formula is C17H12ClF4N3O2S. The van der Waals surface area contributed by atoms with Crippen LogP contribution in [0.25, 0.3) is 11.0 Å². The molecule has 0 amide bonds. The van der Waals surface area contributed by atoms with Gasteiger partial charge in [0.1, 0.15) is 5.03 Å². The van der Waals surface area contributed by atoms with Gasteiger partial charge in [0, 0.05) is 19.2 Å². The Labute approximate surface area is 165 Å². The number of hydrogen-bond donors (Lipinski definition) is 1. The molecule has 1 aromatic carbocycles. The molecule has 11 heteroatoms. The highest BCUT2D eigenvalue weighted by Crippen LogP contribution is 2.37. The number of aliphatic carboxylic acids is 1. The number of carboxylic acid groups (broad SMARTS) is 1. The van der Waals surface area contributed by atoms with Gasteiger partial charge in [0.05, 0.1) is 21.6 Å². The predicted octanol–water partition coefficient (Wildman–Crippen LogP) is 5.07. The van der Waals surface area contributed by atoms with Crippen LogP contribution < -0.4 is 0 Å². The van der Waals surface area contributed by atoms with Gasteiger partial charge in [0.2, 0.25) is 0 Å². The van der Waals surface area contributed by atoms with Crippen molar-refractivity contribution in [3.63, 3.8) is 0 Å². The topological polar surface area (TPSA) is 68.0 Å². The second kappa shape index (κ2) is 7.96. The first-order valence-corrected chi connectivity index (χ1v) is 9.09. The molecule has 0 fully saturated rings. The van der Waals surface area contributed by atoms with Gasteiger partial charge in [-0.1, -0.05) is 23.7 Å². The molecule has 0 saturated heterocycles. The van der Waals surface area contributed by atoms with Crippen LogP contribution in [0.5, 0.6) is 0 Å². The summed E-state index contributed by atoms with van der Waals surface area (Å²) in [5.74, 6) is -1.56. The highest BCUT2D eigenvalue weighted by atomic mass is 35.5. The summed E-state index contributed by atoms with van der Waals surface area (Å²) < 4.78 is 53.4. The Kier molecular flexibility index (Phi) is 5.80. The van der Waals surface area contributed by atoms with E-state index in [2.05, 4.69) is 9.97 Å². The second-order valence-electron chi connectivity index (χ2n) is 5.74. The molecule has 5 nitrogen and oxygen atoms in total. The smallest absolute Gasteiger partial charge is 0.417 e. The molecule has 2 heterocycles. The molecule has 2 aromatic heterocycles. The van der Waals surface area contributed by atoms with Crippen LogP contribution in [0, 0.1) is 0 Å². The fourth-order valence-electron chi connectivity index (χ4n) is 2.46. The number of fused-ring (bicyclic) bond motifs is 1. The lowest BCUT2D eigenvalue weighted by atomic mass is 10.2. The van der Waals surface area contributed by atoms with Crippen molar-refractivity contribution >= 4 is 40.4 Å². The first-order valence-electron chi connectivity index (χ1n) is 7.89. The zero-order chi connectivity index (χ0) is 20.5. The molecule has 148 valence electrons. The van der Waals surface area contributed by atoms with Gasteiger partial charge in [-0.3, -0.25) is 0 Å². The van der Waals surface area contributed by atoms with Crippen molar-refractivity contribution in [1.29, 1.82) is 0 Å². The van der Waals surface area contributed by atoms with Crippen molar-refractivity contribution in [2.45, 2.75) is 35.5 Å². The van der Waals surface area contributed by atoms with Crippen LogP contribution in [-0.4, -0.2) is 31.8 Å². The molecule has 0 saturated carbocycles. The van der Waals surface area contributed by atoms with Crippen LogP contribution in [-0.2, 0) is 17.5 Å². The number of carboxylic acids is 1. The Morgan fingerprint density at radius 2 is 2.04 bits per heavy atom. The normalized spacial score (nSPS) is 13.0. The molecule has 1 N–H and O–H groups in total. The zero-order valence-electron chi connectivity index (χ0n) is 14.0. The van der Waals surface area contributed by atoms with E-state index in [1.54, 1.807) is 28.8 Å². The highest BCUT2D eigenvalue weighted by molar-refractivity contribution is 7.99. The van der Waals surface area contributed by atoms with Gasteiger partial charge in [-0.05, 0) is 30.0 Å². The van der Waals surface area contributed by atoms with Crippen LogP contribution in [0.1, 0.15) is 12.0 Å². The Hall–Kier alpha value is -2.33. The Morgan fingerprint density at radius 1 is 1.32 bits per heavy atom. The van der Waals surface area contributed by atoms with Crippen LogP contribution >= 0.6 is 23.4 Å². The number of rotatable bonds is 6. The number of benzene rings is 1. The number of para-hydroxylation sites is 2. The van der Waals surface area contributed by atoms with E-state index in [0.717, 1.165) is 17.8 Å². The molecule has 0 bridgehead atoms. The van der Waals surface area contributed by atoms with Gasteiger partial charge < -0.3 is 9.67 Å². The predicted molar refractivity (Wildman–Crippen MR) is 95.3 cm³/mol. The lowest BCUT2D eigenvalue weighted by molar-refractivity contribution is -0.143. The number of hydrogen-bond acceptors (Lipinski definition) is 4. The summed E-state index contributed by atoms with van der Waals surface area (Å²) in [6, 6.07) is 7.69. The van der Waals surface area contributed by atoms with Gasteiger partial charge in [-0.15, -0.1) is 0 Å². The maximum atomic E-state index is 13.5. The first kappa shape index (κ1) is 20.4. The molecule has 3 aromatic rings. The summed E-state index contributed by atoms with van der Waals surface area (Å²) in [6.07, 6.45) is -6.24. The van der Waals surface area contributed by atoms with Gasteiger partial charge in [0.15, 0.2) is 11.3 Å². The van der Waals surface area contributed by atoms with Gasteiger partial charge in [-0.25, -0.2) is 19.2 Å². The quantitative estimate of drug-likeness (QED) is 0.550. The molecule has 0 aliphatic heterocycles. The lowest BCUT2D eigenvalue weighted by Crippen LogP contribution is -2.17. The number of aryl methyl sites for hydroxylation is 1. The van der Waals surface area contributed by atoms with Crippen molar-refractivity contribution < 1.29 is 27.5 Å². The number of carbonyl (C=O) groups is 1. The van der Waals surface area contributed by atoms with E-state index in [0.29, 0.717) is 22.4 Å². The minimum Gasteiger partial charge on any atom is -0.479 e. The minimum atomic E-state index is -4.57. The molecule has 0 radical (unpaired) electrons. The maximum Gasteiger partial charge on any atom is 0.417 e. The van der Waals surface area contributed by atoms with Crippen molar-refractivity contribution in [3.05, 3.63) is 47.1 Å². The number of aromatic nitrogens is 3. The first-order chi connectivity index (χ1) is 13.2. The average molecular weight is 434 g/mol. The van der Waals surface area contributed by atoms with E-state index in [4.69, 9.17) is 16.7 Å². The zero-order valence-corrected chi connectivity index (χ0v) is 15.5. The minimum absolute atomic E-state index is 0.00850. The summed E-state index contributed by atoms with van der Waals surface area (Å²) in [4.78, 5) is 18.9. The number of pyridine rings is 1. The molecular weight excluding hydrogens is 422 g/mol. The molecule has 3 rings (SSSR count). The average Bonchev–Trinajstić information content (AvgIpc) is 2.97. The van der Waals surface area contributed by atoms with Gasteiger partial charge in [-0.2, -0.15) is 13.2 Å². The van der Waals surface area contributed by atoms with Crippen LogP contribution in [0.3, 0.4) is 0 Å². The standard InChI is InChI=1S/C17H12ClF4N3O2S/c18-10-7-9(17(20,21)22)8-23-14(10)28-16-24-12-3-1-2-4-13(12)25(16)6-5-11(19)15(26)27/h1-4,7-8,11H,5-6H2,(H,26,27)/t11-/m1/s1. The Balaban J connectivity index is 1.94. The summed E-state index contributed by atoms with van der Waals surface area (Å²) in [6.45, 7) is 0.00850. The van der Waals surface area contributed by atoms with Crippen LogP contribution in [0.4, 0.5) is 17.6 Å². The fourth-order valence-corrected chi connectivity index (χ4v) is 3.62. The van der Waals surface area contributed by atoms with Gasteiger partial charge in [0.25, 0.3) is 0 Å². The Bertz CT molecular complexity index is 1030. The molecule has 1 atom stereocenters. The van der Waals surface area contributed by atoms with E-state index >= 15 is 0 Å². The highest BCUT2D eigenvalue weighted by Gasteiger charge is 2.32. The second-order valence-corrected chi connectivity index (χ2v) is 7.10. The molecule has 0 unspecified atom stereocenters. The van der Waals surface area contributed by atoms with Gasteiger partial charge >= 0.3 is 12.1 Å². The summed E-state index contributed by atoms with van der Waals surface area (Å²) >= 11 is 6.86. The number of halogens is 5. The van der Waals surface area contributed by atoms with Crippen molar-refractivity contribution in [1.82, 2.24) is 14.5 Å². The fraction of sp³-hybridized carbons (Fsp3) is 0.235. The number of nitrogens with zero attached hydrogens (tertiary/aromatic N) is 3. The summed E-state index contributed by atoms with van der Waals surface area (Å²) in [5.41, 5.74) is 0.224. The molecule has 0 aliphatic carbocycles. The van der Waals surface area contributed by atoms with E-state index in [9.17, 15) is 22.4 Å². The third-order valence-corrected chi connectivity index (χ3v) is 5.23. The molecule has 28 heavy (non-hydrogen) atoms. The third kappa shape index (κ3) is 4.39. The third-order valence-electron chi connectivity index (χ3n) is 3.82. The van der Waals surface area contributed by atoms with E-state index in [1.165, 1.54) is 0 Å². The summed E-state index contributed by atoms with van der Waals surface area (Å²) in [7, 11) is 0. The number of imidazole rings is 1. The largest absolute Gasteiger partial charge is 0.479 e. The van der Waals surface area contributed by atoms with E-state index in [-0.39, 0.29) is 23.0 Å². The molecule has 0 spiro atoms. The Morgan fingerprint density at radius 3 is 2.68 bits per heavy atom. The van der Waals surface area contributed by atoms with Crippen LogP contribution in [0.2, 0.25) is 5.02 Å². The monoisotopic (exact) mass is 433 g/mol. The molecule has 0 aliphatic rings. The maximum absolute atomic E-state index is 13.5. The van der Waals surface area contributed by atoms with Crippen molar-refractivity contribution in [3.8, 4) is 0 Å². The number of alkyl halides is 4.